The summed E-state index contributed by atoms with van der Waals surface area (Å²) >= 11 is 1.48. The first kappa shape index (κ1) is 15.8. The number of ketones is 2. The van der Waals surface area contributed by atoms with Crippen LogP contribution in [-0.2, 0) is 14.4 Å². The predicted molar refractivity (Wildman–Crippen MR) is 80.9 cm³/mol. The molecule has 0 aromatic heterocycles. The minimum absolute atomic E-state index is 0.0582. The Hall–Kier alpha value is -1.56. The summed E-state index contributed by atoms with van der Waals surface area (Å²) in [7, 11) is 0. The second-order valence-electron chi connectivity index (χ2n) is 5.38. The average Bonchev–Trinajstić information content (AvgIpc) is 2.45. The van der Waals surface area contributed by atoms with Gasteiger partial charge in [0, 0.05) is 17.4 Å². The largest absolute Gasteiger partial charge is 0.480 e. The molecule has 2 N–H and O–H groups in total. The maximum Gasteiger partial charge on any atom is 0.325 e. The molecule has 0 radical (unpaired) electrons. The molecule has 1 saturated carbocycles. The van der Waals surface area contributed by atoms with E-state index in [4.69, 9.17) is 5.11 Å². The standard InChI is InChI=1S/C15H19NO4S/c1-9(15(19)20)16-11-7-13(18)14(8-12(11)17)21-10-5-3-2-4-6-10/h7-10,16H,2-6H2,1H3,(H,19,20). The third-order valence-corrected chi connectivity index (χ3v) is 5.01. The molecule has 1 unspecified atom stereocenters. The van der Waals surface area contributed by atoms with Gasteiger partial charge in [-0.3, -0.25) is 14.4 Å². The number of rotatable bonds is 5. The van der Waals surface area contributed by atoms with Gasteiger partial charge in [0.1, 0.15) is 6.04 Å². The first-order valence-corrected chi connectivity index (χ1v) is 8.03. The summed E-state index contributed by atoms with van der Waals surface area (Å²) < 4.78 is 0. The van der Waals surface area contributed by atoms with E-state index in [0.717, 1.165) is 12.8 Å². The Morgan fingerprint density at radius 3 is 2.52 bits per heavy atom. The van der Waals surface area contributed by atoms with Gasteiger partial charge in [-0.1, -0.05) is 19.3 Å². The zero-order valence-corrected chi connectivity index (χ0v) is 12.7. The van der Waals surface area contributed by atoms with Gasteiger partial charge in [0.05, 0.1) is 10.6 Å². The number of carboxylic acid groups (broad SMARTS) is 1. The minimum Gasteiger partial charge on any atom is -0.480 e. The fourth-order valence-corrected chi connectivity index (χ4v) is 3.68. The van der Waals surface area contributed by atoms with Crippen molar-refractivity contribution in [2.45, 2.75) is 50.3 Å². The summed E-state index contributed by atoms with van der Waals surface area (Å²) in [6, 6.07) is -0.908. The summed E-state index contributed by atoms with van der Waals surface area (Å²) in [5.74, 6) is -1.62. The Balaban J connectivity index is 2.00. The van der Waals surface area contributed by atoms with Crippen molar-refractivity contribution in [1.29, 1.82) is 0 Å². The molecule has 21 heavy (non-hydrogen) atoms. The molecular formula is C15H19NO4S. The number of aliphatic carboxylic acids is 1. The lowest BCUT2D eigenvalue weighted by atomic mass is 10.0. The van der Waals surface area contributed by atoms with Crippen LogP contribution in [0, 0.1) is 0 Å². The minimum atomic E-state index is -1.07. The molecule has 0 aliphatic heterocycles. The zero-order valence-electron chi connectivity index (χ0n) is 11.9. The average molecular weight is 309 g/mol. The number of nitrogens with one attached hydrogen (secondary N) is 1. The van der Waals surface area contributed by atoms with Crippen molar-refractivity contribution in [3.05, 3.63) is 22.8 Å². The van der Waals surface area contributed by atoms with Crippen molar-refractivity contribution >= 4 is 29.3 Å². The van der Waals surface area contributed by atoms with Gasteiger partial charge in [0.15, 0.2) is 5.78 Å². The van der Waals surface area contributed by atoms with E-state index in [0.29, 0.717) is 10.2 Å². The Bertz CT molecular complexity index is 518. The molecule has 0 saturated heterocycles. The van der Waals surface area contributed by atoms with Crippen LogP contribution in [0.15, 0.2) is 22.8 Å². The van der Waals surface area contributed by atoms with Crippen molar-refractivity contribution in [2.75, 3.05) is 0 Å². The number of hydrogen-bond donors (Lipinski definition) is 2. The number of carboxylic acids is 1. The third-order valence-electron chi connectivity index (χ3n) is 3.63. The topological polar surface area (TPSA) is 83.5 Å². The number of carbonyl (C=O) groups is 3. The highest BCUT2D eigenvalue weighted by molar-refractivity contribution is 8.04. The molecule has 1 atom stereocenters. The fourth-order valence-electron chi connectivity index (χ4n) is 2.40. The SMILES string of the molecule is CC(NC1=CC(=O)C(SC2CCCCC2)=CC1=O)C(=O)O. The molecule has 2 aliphatic carbocycles. The van der Waals surface area contributed by atoms with Crippen LogP contribution in [0.1, 0.15) is 39.0 Å². The first-order valence-electron chi connectivity index (χ1n) is 7.15. The van der Waals surface area contributed by atoms with E-state index in [1.165, 1.54) is 50.1 Å². The monoisotopic (exact) mass is 309 g/mol. The van der Waals surface area contributed by atoms with Gasteiger partial charge in [-0.2, -0.15) is 0 Å². The van der Waals surface area contributed by atoms with Crippen molar-refractivity contribution < 1.29 is 19.5 Å². The highest BCUT2D eigenvalue weighted by atomic mass is 32.2. The summed E-state index contributed by atoms with van der Waals surface area (Å²) in [5, 5.41) is 11.8. The molecule has 0 amide bonds. The molecule has 2 rings (SSSR count). The molecular weight excluding hydrogens is 290 g/mol. The molecule has 0 aromatic carbocycles. The van der Waals surface area contributed by atoms with Crippen LogP contribution in [-0.4, -0.2) is 33.9 Å². The number of hydrogen-bond acceptors (Lipinski definition) is 5. The van der Waals surface area contributed by atoms with E-state index in [9.17, 15) is 14.4 Å². The summed E-state index contributed by atoms with van der Waals surface area (Å²) in [5.41, 5.74) is 0.0582. The molecule has 1 fully saturated rings. The van der Waals surface area contributed by atoms with Crippen molar-refractivity contribution in [2.24, 2.45) is 0 Å². The summed E-state index contributed by atoms with van der Waals surface area (Å²) in [4.78, 5) is 35.3. The number of thioether (sulfide) groups is 1. The van der Waals surface area contributed by atoms with Gasteiger partial charge < -0.3 is 10.4 Å². The van der Waals surface area contributed by atoms with Crippen LogP contribution < -0.4 is 5.32 Å². The van der Waals surface area contributed by atoms with E-state index in [2.05, 4.69) is 5.32 Å². The van der Waals surface area contributed by atoms with E-state index in [-0.39, 0.29) is 17.3 Å². The highest BCUT2D eigenvalue weighted by Gasteiger charge is 2.25. The van der Waals surface area contributed by atoms with Gasteiger partial charge >= 0.3 is 5.97 Å². The van der Waals surface area contributed by atoms with Crippen LogP contribution in [0.25, 0.3) is 0 Å². The van der Waals surface area contributed by atoms with Crippen molar-refractivity contribution in [3.63, 3.8) is 0 Å². The Labute approximate surface area is 127 Å². The van der Waals surface area contributed by atoms with Crippen LogP contribution in [0.2, 0.25) is 0 Å². The lowest BCUT2D eigenvalue weighted by Crippen LogP contribution is -2.36. The van der Waals surface area contributed by atoms with E-state index < -0.39 is 12.0 Å². The third kappa shape index (κ3) is 4.20. The Morgan fingerprint density at radius 1 is 1.24 bits per heavy atom. The molecule has 5 nitrogen and oxygen atoms in total. The molecule has 2 aliphatic rings. The second-order valence-corrected chi connectivity index (χ2v) is 6.72. The Morgan fingerprint density at radius 2 is 1.90 bits per heavy atom. The van der Waals surface area contributed by atoms with E-state index >= 15 is 0 Å². The van der Waals surface area contributed by atoms with Gasteiger partial charge in [-0.15, -0.1) is 11.8 Å². The van der Waals surface area contributed by atoms with Crippen LogP contribution in [0.3, 0.4) is 0 Å². The maximum absolute atomic E-state index is 12.1. The fraction of sp³-hybridized carbons (Fsp3) is 0.533. The maximum atomic E-state index is 12.1. The van der Waals surface area contributed by atoms with Crippen LogP contribution in [0.4, 0.5) is 0 Å². The molecule has 0 heterocycles. The number of carbonyl (C=O) groups excluding carboxylic acids is 2. The molecule has 114 valence electrons. The zero-order chi connectivity index (χ0) is 15.4. The lowest BCUT2D eigenvalue weighted by molar-refractivity contribution is -0.138. The molecule has 0 bridgehead atoms. The predicted octanol–water partition coefficient (Wildman–Crippen LogP) is 2.03. The summed E-state index contributed by atoms with van der Waals surface area (Å²) in [6.07, 6.45) is 8.29. The first-order chi connectivity index (χ1) is 9.97. The molecule has 0 aromatic rings. The van der Waals surface area contributed by atoms with Crippen LogP contribution in [0.5, 0.6) is 0 Å². The van der Waals surface area contributed by atoms with Crippen LogP contribution >= 0.6 is 11.8 Å². The highest BCUT2D eigenvalue weighted by Crippen LogP contribution is 2.34. The second kappa shape index (κ2) is 6.93. The lowest BCUT2D eigenvalue weighted by Gasteiger charge is -2.23. The van der Waals surface area contributed by atoms with Gasteiger partial charge in [0.25, 0.3) is 0 Å². The van der Waals surface area contributed by atoms with E-state index in [1.54, 1.807) is 0 Å². The molecule has 0 spiro atoms. The number of allylic oxidation sites excluding steroid dienone is 3. The summed E-state index contributed by atoms with van der Waals surface area (Å²) in [6.45, 7) is 1.43. The van der Waals surface area contributed by atoms with E-state index in [1.807, 2.05) is 0 Å². The van der Waals surface area contributed by atoms with Crippen molar-refractivity contribution in [1.82, 2.24) is 5.32 Å². The smallest absolute Gasteiger partial charge is 0.325 e. The normalized spacial score (nSPS) is 21.6. The quantitative estimate of drug-likeness (QED) is 0.756. The van der Waals surface area contributed by atoms with Crippen molar-refractivity contribution in [3.8, 4) is 0 Å². The van der Waals surface area contributed by atoms with Gasteiger partial charge in [0.2, 0.25) is 5.78 Å². The van der Waals surface area contributed by atoms with Gasteiger partial charge in [-0.05, 0) is 19.8 Å². The molecule has 6 heteroatoms. The Kier molecular flexibility index (Phi) is 5.22. The van der Waals surface area contributed by atoms with Gasteiger partial charge in [-0.25, -0.2) is 0 Å².